The molecule has 4 heteroatoms. The van der Waals surface area contributed by atoms with E-state index < -0.39 is 12.1 Å². The summed E-state index contributed by atoms with van der Waals surface area (Å²) in [5, 5.41) is 11.8. The molecule has 4 N–H and O–H groups in total. The van der Waals surface area contributed by atoms with Gasteiger partial charge in [-0.05, 0) is 13.3 Å². The Balaban J connectivity index is 3.34. The van der Waals surface area contributed by atoms with Gasteiger partial charge in [0.25, 0.3) is 0 Å². The Hall–Kier alpha value is -0.610. The van der Waals surface area contributed by atoms with Crippen LogP contribution in [0.25, 0.3) is 0 Å². The van der Waals surface area contributed by atoms with Gasteiger partial charge in [-0.3, -0.25) is 4.79 Å². The van der Waals surface area contributed by atoms with Crippen molar-refractivity contribution in [3.8, 4) is 0 Å². The quantitative estimate of drug-likeness (QED) is 0.520. The van der Waals surface area contributed by atoms with Crippen molar-refractivity contribution in [1.29, 1.82) is 0 Å². The fraction of sp³-hybridized carbons (Fsp3) is 0.917. The van der Waals surface area contributed by atoms with Gasteiger partial charge in [0.1, 0.15) is 6.04 Å². The van der Waals surface area contributed by atoms with E-state index in [9.17, 15) is 4.79 Å². The second-order valence-corrected chi connectivity index (χ2v) is 4.33. The van der Waals surface area contributed by atoms with E-state index in [1.807, 2.05) is 0 Å². The van der Waals surface area contributed by atoms with E-state index in [0.717, 1.165) is 12.8 Å². The number of nitrogens with one attached hydrogen (secondary N) is 1. The molecule has 4 nitrogen and oxygen atoms in total. The lowest BCUT2D eigenvalue weighted by atomic mass is 10.1. The fourth-order valence-electron chi connectivity index (χ4n) is 1.45. The fourth-order valence-corrected chi connectivity index (χ4v) is 1.45. The van der Waals surface area contributed by atoms with Gasteiger partial charge in [0.15, 0.2) is 0 Å². The minimum absolute atomic E-state index is 0.261. The molecule has 0 aliphatic carbocycles. The third-order valence-electron chi connectivity index (χ3n) is 2.65. The lowest BCUT2D eigenvalue weighted by Gasteiger charge is -2.14. The summed E-state index contributed by atoms with van der Waals surface area (Å²) in [7, 11) is 0. The molecular formula is C12H26N2O2. The number of amides is 1. The van der Waals surface area contributed by atoms with Gasteiger partial charge in [-0.2, -0.15) is 0 Å². The predicted molar refractivity (Wildman–Crippen MR) is 66.0 cm³/mol. The van der Waals surface area contributed by atoms with Crippen LogP contribution in [0.15, 0.2) is 0 Å². The minimum Gasteiger partial charge on any atom is -0.391 e. The van der Waals surface area contributed by atoms with Crippen LogP contribution in [-0.4, -0.2) is 29.7 Å². The Kier molecular flexibility index (Phi) is 9.24. The van der Waals surface area contributed by atoms with E-state index in [1.165, 1.54) is 32.6 Å². The average Bonchev–Trinajstić information content (AvgIpc) is 2.26. The number of rotatable bonds is 9. The highest BCUT2D eigenvalue weighted by Crippen LogP contribution is 2.04. The van der Waals surface area contributed by atoms with Crippen LogP contribution in [0.1, 0.15) is 52.4 Å². The zero-order chi connectivity index (χ0) is 12.4. The summed E-state index contributed by atoms with van der Waals surface area (Å²) < 4.78 is 0. The standard InChI is InChI=1S/C12H26N2O2/c1-3-4-5-6-7-8-9-14-12(16)11(13)10(2)15/h10-11,15H,3-9,13H2,1-2H3,(H,14,16)/t10-,11+/m1/s1. The number of hydrogen-bond donors (Lipinski definition) is 3. The highest BCUT2D eigenvalue weighted by atomic mass is 16.3. The second kappa shape index (κ2) is 9.60. The molecule has 0 radical (unpaired) electrons. The van der Waals surface area contributed by atoms with Crippen molar-refractivity contribution >= 4 is 5.91 Å². The summed E-state index contributed by atoms with van der Waals surface area (Å²) in [5.41, 5.74) is 5.48. The van der Waals surface area contributed by atoms with Crippen molar-refractivity contribution in [3.63, 3.8) is 0 Å². The summed E-state index contributed by atoms with van der Waals surface area (Å²) in [5.74, 6) is -0.261. The maximum atomic E-state index is 11.3. The van der Waals surface area contributed by atoms with Crippen LogP contribution in [-0.2, 0) is 4.79 Å². The second-order valence-electron chi connectivity index (χ2n) is 4.33. The van der Waals surface area contributed by atoms with Gasteiger partial charge < -0.3 is 16.2 Å². The molecule has 0 fully saturated rings. The van der Waals surface area contributed by atoms with Gasteiger partial charge in [0.05, 0.1) is 6.10 Å². The molecule has 0 aromatic carbocycles. The van der Waals surface area contributed by atoms with Crippen LogP contribution in [0, 0.1) is 0 Å². The Bertz CT molecular complexity index is 184. The van der Waals surface area contributed by atoms with Crippen LogP contribution in [0.2, 0.25) is 0 Å². The third kappa shape index (κ3) is 7.65. The summed E-state index contributed by atoms with van der Waals surface area (Å²) in [4.78, 5) is 11.3. The van der Waals surface area contributed by atoms with Crippen molar-refractivity contribution in [3.05, 3.63) is 0 Å². The van der Waals surface area contributed by atoms with E-state index in [4.69, 9.17) is 10.8 Å². The summed E-state index contributed by atoms with van der Waals surface area (Å²) in [6, 6.07) is -0.805. The Morgan fingerprint density at radius 3 is 2.38 bits per heavy atom. The maximum Gasteiger partial charge on any atom is 0.239 e. The molecule has 2 atom stereocenters. The number of nitrogens with two attached hydrogens (primary N) is 1. The van der Waals surface area contributed by atoms with Crippen LogP contribution < -0.4 is 11.1 Å². The highest BCUT2D eigenvalue weighted by molar-refractivity contribution is 5.81. The molecule has 1 amide bonds. The number of carbonyl (C=O) groups is 1. The first-order valence-corrected chi connectivity index (χ1v) is 6.31. The Morgan fingerprint density at radius 2 is 1.81 bits per heavy atom. The molecule has 0 aromatic heterocycles. The van der Waals surface area contributed by atoms with Crippen molar-refractivity contribution in [2.45, 2.75) is 64.5 Å². The first kappa shape index (κ1) is 15.4. The predicted octanol–water partition coefficient (Wildman–Crippen LogP) is 1.17. The molecule has 0 aliphatic heterocycles. The van der Waals surface area contributed by atoms with Gasteiger partial charge >= 0.3 is 0 Å². The topological polar surface area (TPSA) is 75.4 Å². The number of aliphatic hydroxyl groups excluding tert-OH is 1. The Morgan fingerprint density at radius 1 is 1.25 bits per heavy atom. The molecule has 0 spiro atoms. The van der Waals surface area contributed by atoms with Crippen molar-refractivity contribution in [1.82, 2.24) is 5.32 Å². The molecular weight excluding hydrogens is 204 g/mol. The molecule has 0 unspecified atom stereocenters. The van der Waals surface area contributed by atoms with E-state index in [0.29, 0.717) is 6.54 Å². The van der Waals surface area contributed by atoms with Gasteiger partial charge in [-0.25, -0.2) is 0 Å². The lowest BCUT2D eigenvalue weighted by Crippen LogP contribution is -2.47. The first-order chi connectivity index (χ1) is 7.59. The zero-order valence-corrected chi connectivity index (χ0v) is 10.5. The smallest absolute Gasteiger partial charge is 0.239 e. The van der Waals surface area contributed by atoms with Gasteiger partial charge in [-0.1, -0.05) is 39.0 Å². The van der Waals surface area contributed by atoms with Gasteiger partial charge in [-0.15, -0.1) is 0 Å². The van der Waals surface area contributed by atoms with E-state index in [-0.39, 0.29) is 5.91 Å². The molecule has 0 saturated heterocycles. The zero-order valence-electron chi connectivity index (χ0n) is 10.5. The van der Waals surface area contributed by atoms with E-state index >= 15 is 0 Å². The monoisotopic (exact) mass is 230 g/mol. The van der Waals surface area contributed by atoms with Crippen LogP contribution in [0.4, 0.5) is 0 Å². The van der Waals surface area contributed by atoms with Crippen molar-refractivity contribution in [2.75, 3.05) is 6.54 Å². The molecule has 0 saturated carbocycles. The van der Waals surface area contributed by atoms with Gasteiger partial charge in [0, 0.05) is 6.54 Å². The molecule has 0 bridgehead atoms. The summed E-state index contributed by atoms with van der Waals surface area (Å²) in [6.07, 6.45) is 6.39. The lowest BCUT2D eigenvalue weighted by molar-refractivity contribution is -0.124. The third-order valence-corrected chi connectivity index (χ3v) is 2.65. The SMILES string of the molecule is CCCCCCCCNC(=O)[C@@H](N)[C@@H](C)O. The van der Waals surface area contributed by atoms with Gasteiger partial charge in [0.2, 0.25) is 5.91 Å². The highest BCUT2D eigenvalue weighted by Gasteiger charge is 2.17. The largest absolute Gasteiger partial charge is 0.391 e. The summed E-state index contributed by atoms with van der Waals surface area (Å²) in [6.45, 7) is 4.37. The summed E-state index contributed by atoms with van der Waals surface area (Å²) >= 11 is 0. The van der Waals surface area contributed by atoms with E-state index in [2.05, 4.69) is 12.2 Å². The van der Waals surface area contributed by atoms with Crippen molar-refractivity contribution < 1.29 is 9.90 Å². The number of hydrogen-bond acceptors (Lipinski definition) is 3. The average molecular weight is 230 g/mol. The van der Waals surface area contributed by atoms with Crippen molar-refractivity contribution in [2.24, 2.45) is 5.73 Å². The van der Waals surface area contributed by atoms with Crippen LogP contribution in [0.3, 0.4) is 0 Å². The first-order valence-electron chi connectivity index (χ1n) is 6.31. The molecule has 0 aromatic rings. The molecule has 0 aliphatic rings. The van der Waals surface area contributed by atoms with E-state index in [1.54, 1.807) is 0 Å². The number of unbranched alkanes of at least 4 members (excludes halogenated alkanes) is 5. The molecule has 96 valence electrons. The molecule has 0 heterocycles. The molecule has 16 heavy (non-hydrogen) atoms. The Labute approximate surface area is 98.6 Å². The van der Waals surface area contributed by atoms with Crippen LogP contribution in [0.5, 0.6) is 0 Å². The maximum absolute atomic E-state index is 11.3. The van der Waals surface area contributed by atoms with Crippen LogP contribution >= 0.6 is 0 Å². The number of aliphatic hydroxyl groups is 1. The normalized spacial score (nSPS) is 14.5. The number of carbonyl (C=O) groups excluding carboxylic acids is 1. The minimum atomic E-state index is -0.805. The molecule has 0 rings (SSSR count).